The average molecular weight is 594 g/mol. The van der Waals surface area contributed by atoms with E-state index in [1.807, 2.05) is 20.8 Å². The number of rotatable bonds is 7. The summed E-state index contributed by atoms with van der Waals surface area (Å²) >= 11 is 0. The lowest BCUT2D eigenvalue weighted by molar-refractivity contribution is -0.576. The molecule has 11 heteroatoms. The van der Waals surface area contributed by atoms with E-state index in [1.165, 1.54) is 6.21 Å². The molecule has 0 unspecified atom stereocenters. The maximum Gasteiger partial charge on any atom is 0.340 e. The highest BCUT2D eigenvalue weighted by atomic mass is 17.3. The molecule has 0 radical (unpaired) electrons. The van der Waals surface area contributed by atoms with Gasteiger partial charge in [0.15, 0.2) is 11.9 Å². The molecule has 4 heterocycles. The first kappa shape index (κ1) is 29.6. The molecule has 4 aliphatic heterocycles. The number of hydrogen-bond donors (Lipinski definition) is 2. The fraction of sp³-hybridized carbons (Fsp3) is 0.531. The van der Waals surface area contributed by atoms with E-state index >= 15 is 0 Å². The van der Waals surface area contributed by atoms with Crippen LogP contribution in [-0.4, -0.2) is 48.8 Å². The van der Waals surface area contributed by atoms with Crippen molar-refractivity contribution in [2.24, 2.45) is 28.8 Å². The fourth-order valence-electron chi connectivity index (χ4n) is 7.01. The number of benzene rings is 2. The molecule has 11 nitrogen and oxygen atoms in total. The number of urea groups is 1. The van der Waals surface area contributed by atoms with E-state index in [0.717, 1.165) is 25.0 Å². The molecule has 2 bridgehead atoms. The number of carbonyl (C=O) groups is 2. The van der Waals surface area contributed by atoms with Crippen LogP contribution in [0.2, 0.25) is 0 Å². The van der Waals surface area contributed by atoms with Crippen molar-refractivity contribution in [3.8, 4) is 5.75 Å². The van der Waals surface area contributed by atoms with Crippen molar-refractivity contribution >= 4 is 23.9 Å². The topological polar surface area (TPSA) is 126 Å². The van der Waals surface area contributed by atoms with Gasteiger partial charge in [-0.1, -0.05) is 26.0 Å². The van der Waals surface area contributed by atoms with E-state index < -0.39 is 36.0 Å². The summed E-state index contributed by atoms with van der Waals surface area (Å²) in [7, 11) is 0. The summed E-state index contributed by atoms with van der Waals surface area (Å²) in [5, 5.41) is 6.68. The van der Waals surface area contributed by atoms with E-state index in [2.05, 4.69) is 22.8 Å². The van der Waals surface area contributed by atoms with Gasteiger partial charge < -0.3 is 24.3 Å². The van der Waals surface area contributed by atoms with Gasteiger partial charge in [0.2, 0.25) is 12.1 Å². The number of hydrogen-bond acceptors (Lipinski definition) is 9. The Balaban J connectivity index is 1.05. The van der Waals surface area contributed by atoms with E-state index in [1.54, 1.807) is 48.5 Å². The summed E-state index contributed by atoms with van der Waals surface area (Å²) in [6, 6.07) is 13.3. The number of anilines is 1. The standard InChI is InChI=1S/C32H39N3O8/c1-5-38-24-13-11-23(12-14-24)34-30(37)35-33-18-21-7-9-22(10-8-21)27(36)39-28-20(3)26-15-6-19(2)25-16-17-31(4)41-29(40-28)32(25,26)43-42-31/h7-14,18-20,25-26,28-29H,5-6,15-17H2,1-4H3,(H2,34,35,37)/b33-18+/t19-,20-,25+,26+,28-,29-,31-,32-/m1/s1. The molecular weight excluding hydrogens is 554 g/mol. The smallest absolute Gasteiger partial charge is 0.340 e. The zero-order valence-electron chi connectivity index (χ0n) is 24.9. The van der Waals surface area contributed by atoms with Crippen molar-refractivity contribution in [3.05, 3.63) is 59.7 Å². The van der Waals surface area contributed by atoms with Crippen LogP contribution in [0.3, 0.4) is 0 Å². The highest BCUT2D eigenvalue weighted by Gasteiger charge is 2.69. The third-order valence-corrected chi connectivity index (χ3v) is 9.27. The summed E-state index contributed by atoms with van der Waals surface area (Å²) in [5.74, 6) is -0.0272. The summed E-state index contributed by atoms with van der Waals surface area (Å²) in [6.45, 7) is 8.65. The van der Waals surface area contributed by atoms with Crippen LogP contribution in [-0.2, 0) is 24.0 Å². The van der Waals surface area contributed by atoms with Gasteiger partial charge in [-0.25, -0.2) is 24.8 Å². The quantitative estimate of drug-likeness (QED) is 0.184. The molecule has 43 heavy (non-hydrogen) atoms. The highest BCUT2D eigenvalue weighted by molar-refractivity contribution is 5.92. The molecule has 7 rings (SSSR count). The molecule has 2 aromatic rings. The third kappa shape index (κ3) is 5.74. The lowest BCUT2D eigenvalue weighted by Crippen LogP contribution is -2.70. The Bertz CT molecular complexity index is 1350. The number of ether oxygens (including phenoxy) is 4. The minimum Gasteiger partial charge on any atom is -0.494 e. The summed E-state index contributed by atoms with van der Waals surface area (Å²) in [6.07, 6.45) is 3.65. The van der Waals surface area contributed by atoms with Crippen LogP contribution in [0.5, 0.6) is 5.75 Å². The van der Waals surface area contributed by atoms with E-state index in [9.17, 15) is 9.59 Å². The summed E-state index contributed by atoms with van der Waals surface area (Å²) in [4.78, 5) is 37.3. The van der Waals surface area contributed by atoms with Crippen molar-refractivity contribution < 1.29 is 38.3 Å². The number of carbonyl (C=O) groups excluding carboxylic acids is 2. The maximum absolute atomic E-state index is 13.2. The molecule has 8 atom stereocenters. The molecule has 1 aliphatic carbocycles. The molecule has 5 aliphatic rings. The molecule has 1 spiro atoms. The van der Waals surface area contributed by atoms with Gasteiger partial charge in [-0.05, 0) is 86.9 Å². The molecule has 1 saturated carbocycles. The molecular formula is C32H39N3O8. The molecule has 2 aromatic carbocycles. The van der Waals surface area contributed by atoms with Crippen LogP contribution in [0.15, 0.2) is 53.6 Å². The van der Waals surface area contributed by atoms with Gasteiger partial charge in [0.25, 0.3) is 0 Å². The van der Waals surface area contributed by atoms with Crippen LogP contribution in [0.4, 0.5) is 10.5 Å². The first-order chi connectivity index (χ1) is 20.7. The van der Waals surface area contributed by atoms with Gasteiger partial charge in [0, 0.05) is 23.9 Å². The zero-order valence-corrected chi connectivity index (χ0v) is 24.9. The summed E-state index contributed by atoms with van der Waals surface area (Å²) in [5.41, 5.74) is 3.39. The lowest BCUT2D eigenvalue weighted by Gasteiger charge is -2.59. The maximum atomic E-state index is 13.2. The number of hydrazone groups is 1. The summed E-state index contributed by atoms with van der Waals surface area (Å²) < 4.78 is 24.0. The van der Waals surface area contributed by atoms with Gasteiger partial charge in [0.1, 0.15) is 5.75 Å². The van der Waals surface area contributed by atoms with E-state index in [0.29, 0.717) is 35.8 Å². The van der Waals surface area contributed by atoms with Gasteiger partial charge in [-0.3, -0.25) is 0 Å². The first-order valence-electron chi connectivity index (χ1n) is 15.0. The van der Waals surface area contributed by atoms with Crippen molar-refractivity contribution in [1.82, 2.24) is 5.43 Å². The first-order valence-corrected chi connectivity index (χ1v) is 15.0. The van der Waals surface area contributed by atoms with E-state index in [4.69, 9.17) is 28.7 Å². The molecule has 5 fully saturated rings. The fourth-order valence-corrected chi connectivity index (χ4v) is 7.01. The Morgan fingerprint density at radius 2 is 1.79 bits per heavy atom. The van der Waals surface area contributed by atoms with Crippen LogP contribution >= 0.6 is 0 Å². The number of nitrogens with zero attached hydrogens (tertiary/aromatic N) is 1. The molecule has 4 saturated heterocycles. The van der Waals surface area contributed by atoms with Crippen LogP contribution in [0, 0.1) is 23.7 Å². The normalized spacial score (nSPS) is 34.6. The number of amides is 2. The van der Waals surface area contributed by atoms with Crippen LogP contribution in [0.1, 0.15) is 69.3 Å². The van der Waals surface area contributed by atoms with Crippen molar-refractivity contribution in [2.75, 3.05) is 11.9 Å². The van der Waals surface area contributed by atoms with Crippen molar-refractivity contribution in [1.29, 1.82) is 0 Å². The third-order valence-electron chi connectivity index (χ3n) is 9.27. The second-order valence-corrected chi connectivity index (χ2v) is 12.1. The Morgan fingerprint density at radius 3 is 2.53 bits per heavy atom. The molecule has 0 aromatic heterocycles. The average Bonchev–Trinajstić information content (AvgIpc) is 3.23. The Morgan fingerprint density at radius 1 is 1.02 bits per heavy atom. The zero-order chi connectivity index (χ0) is 30.2. The SMILES string of the molecule is CCOc1ccc(NC(=O)N/N=C/c2ccc(C(=O)O[C@@H]3O[C@@H]4O[C@@]5(C)CC[C@H]6[C@H](C)CC[C@@H]([C@H]3C)[C@@]46OO5)cc2)cc1. The highest BCUT2D eigenvalue weighted by Crippen LogP contribution is 2.60. The van der Waals surface area contributed by atoms with Crippen LogP contribution in [0.25, 0.3) is 0 Å². The Hall–Kier alpha value is -3.51. The number of nitrogens with one attached hydrogen (secondary N) is 2. The van der Waals surface area contributed by atoms with Crippen molar-refractivity contribution in [3.63, 3.8) is 0 Å². The molecule has 2 amide bonds. The van der Waals surface area contributed by atoms with Crippen molar-refractivity contribution in [2.45, 2.75) is 77.3 Å². The Labute approximate surface area is 251 Å². The van der Waals surface area contributed by atoms with Gasteiger partial charge in [-0.2, -0.15) is 5.10 Å². The minimum atomic E-state index is -0.894. The van der Waals surface area contributed by atoms with Crippen LogP contribution < -0.4 is 15.5 Å². The minimum absolute atomic E-state index is 0.0608. The number of esters is 1. The molecule has 2 N–H and O–H groups in total. The largest absolute Gasteiger partial charge is 0.494 e. The molecule has 230 valence electrons. The predicted octanol–water partition coefficient (Wildman–Crippen LogP) is 5.61. The van der Waals surface area contributed by atoms with Gasteiger partial charge in [0.05, 0.1) is 18.4 Å². The predicted molar refractivity (Wildman–Crippen MR) is 156 cm³/mol. The van der Waals surface area contributed by atoms with Gasteiger partial charge in [-0.15, -0.1) is 0 Å². The second-order valence-electron chi connectivity index (χ2n) is 12.1. The number of fused-ring (bicyclic) bond motifs is 2. The lowest BCUT2D eigenvalue weighted by atomic mass is 9.58. The Kier molecular flexibility index (Phi) is 8.16. The van der Waals surface area contributed by atoms with Gasteiger partial charge >= 0.3 is 12.0 Å². The second kappa shape index (κ2) is 11.9. The van der Waals surface area contributed by atoms with E-state index in [-0.39, 0.29) is 17.8 Å². The monoisotopic (exact) mass is 593 g/mol.